The predicted molar refractivity (Wildman–Crippen MR) is 68.5 cm³/mol. The van der Waals surface area contributed by atoms with Gasteiger partial charge in [0.25, 0.3) is 0 Å². The molecule has 1 aromatic rings. The lowest BCUT2D eigenvalue weighted by Crippen LogP contribution is -2.37. The number of nitrogens with zero attached hydrogens (tertiary/aromatic N) is 1. The van der Waals surface area contributed by atoms with Crippen LogP contribution in [0.15, 0.2) is 24.3 Å². The molecule has 20 heavy (non-hydrogen) atoms. The molecule has 0 saturated carbocycles. The normalized spacial score (nSPS) is 20.9. The van der Waals surface area contributed by atoms with Gasteiger partial charge in [0.05, 0.1) is 6.10 Å². The van der Waals surface area contributed by atoms with E-state index in [-0.39, 0.29) is 11.9 Å². The smallest absolute Gasteiger partial charge is 0.422 e. The minimum absolute atomic E-state index is 0.220. The molecule has 1 aliphatic heterocycles. The predicted octanol–water partition coefficient (Wildman–Crippen LogP) is 2.58. The second-order valence-corrected chi connectivity index (χ2v) is 5.08. The number of hydrogen-bond donors (Lipinski definition) is 1. The van der Waals surface area contributed by atoms with E-state index in [1.165, 1.54) is 6.07 Å². The van der Waals surface area contributed by atoms with Crippen LogP contribution in [-0.2, 0) is 6.54 Å². The minimum atomic E-state index is -4.33. The van der Waals surface area contributed by atoms with E-state index >= 15 is 0 Å². The van der Waals surface area contributed by atoms with Crippen LogP contribution < -0.4 is 4.74 Å². The first-order chi connectivity index (χ1) is 9.42. The number of benzene rings is 1. The summed E-state index contributed by atoms with van der Waals surface area (Å²) in [5.41, 5.74) is 0.888. The number of halogens is 3. The number of aliphatic hydroxyl groups excluding tert-OH is 1. The van der Waals surface area contributed by atoms with E-state index in [0.29, 0.717) is 13.1 Å². The molecule has 0 aromatic heterocycles. The molecule has 1 heterocycles. The third kappa shape index (κ3) is 5.02. The zero-order valence-electron chi connectivity index (χ0n) is 11.1. The Bertz CT molecular complexity index is 437. The highest BCUT2D eigenvalue weighted by Gasteiger charge is 2.28. The van der Waals surface area contributed by atoms with E-state index in [0.717, 1.165) is 24.9 Å². The Morgan fingerprint density at radius 2 is 2.15 bits per heavy atom. The van der Waals surface area contributed by atoms with Crippen LogP contribution in [0, 0.1) is 0 Å². The van der Waals surface area contributed by atoms with Crippen LogP contribution in [0.2, 0.25) is 0 Å². The van der Waals surface area contributed by atoms with Crippen LogP contribution >= 0.6 is 0 Å². The molecule has 1 N–H and O–H groups in total. The quantitative estimate of drug-likeness (QED) is 0.924. The lowest BCUT2D eigenvalue weighted by Gasteiger charge is -2.30. The Hall–Kier alpha value is -1.27. The second-order valence-electron chi connectivity index (χ2n) is 5.08. The summed E-state index contributed by atoms with van der Waals surface area (Å²) in [6.07, 6.45) is -2.89. The average Bonchev–Trinajstić information content (AvgIpc) is 2.36. The monoisotopic (exact) mass is 289 g/mol. The Balaban J connectivity index is 1.92. The van der Waals surface area contributed by atoms with Crippen molar-refractivity contribution >= 4 is 0 Å². The Morgan fingerprint density at radius 1 is 1.35 bits per heavy atom. The molecule has 6 heteroatoms. The van der Waals surface area contributed by atoms with E-state index in [9.17, 15) is 18.3 Å². The van der Waals surface area contributed by atoms with Gasteiger partial charge in [-0.1, -0.05) is 12.1 Å². The minimum Gasteiger partial charge on any atom is -0.484 e. The van der Waals surface area contributed by atoms with Crippen LogP contribution in [0.3, 0.4) is 0 Å². The molecule has 1 unspecified atom stereocenters. The molecule has 3 nitrogen and oxygen atoms in total. The highest BCUT2D eigenvalue weighted by Crippen LogP contribution is 2.21. The Morgan fingerprint density at radius 3 is 2.85 bits per heavy atom. The fraction of sp³-hybridized carbons (Fsp3) is 0.571. The van der Waals surface area contributed by atoms with Gasteiger partial charge < -0.3 is 9.84 Å². The molecule has 1 fully saturated rings. The number of alkyl halides is 3. The van der Waals surface area contributed by atoms with E-state index in [1.54, 1.807) is 12.1 Å². The number of hydrogen-bond acceptors (Lipinski definition) is 3. The first-order valence-corrected chi connectivity index (χ1v) is 6.61. The molecule has 0 radical (unpaired) electrons. The van der Waals surface area contributed by atoms with Crippen LogP contribution in [-0.4, -0.2) is 42.0 Å². The van der Waals surface area contributed by atoms with Crippen LogP contribution in [0.25, 0.3) is 0 Å². The fourth-order valence-corrected chi connectivity index (χ4v) is 2.33. The van der Waals surface area contributed by atoms with E-state index in [1.807, 2.05) is 6.07 Å². The standard InChI is InChI=1S/C14H18F3NO2/c15-14(16,17)10-20-13-5-1-3-11(7-13)8-18-6-2-4-12(19)9-18/h1,3,5,7,12,19H,2,4,6,8-10H2. The van der Waals surface area contributed by atoms with Crippen LogP contribution in [0.1, 0.15) is 18.4 Å². The first kappa shape index (κ1) is 15.1. The van der Waals surface area contributed by atoms with Crippen molar-refractivity contribution in [3.05, 3.63) is 29.8 Å². The Labute approximate surface area is 116 Å². The van der Waals surface area contributed by atoms with Gasteiger partial charge in [-0.15, -0.1) is 0 Å². The molecule has 0 bridgehead atoms. The molecule has 1 saturated heterocycles. The summed E-state index contributed by atoms with van der Waals surface area (Å²) in [5, 5.41) is 9.59. The maximum atomic E-state index is 12.1. The van der Waals surface area contributed by atoms with Crippen molar-refractivity contribution in [2.24, 2.45) is 0 Å². The first-order valence-electron chi connectivity index (χ1n) is 6.61. The van der Waals surface area contributed by atoms with Crippen LogP contribution in [0.5, 0.6) is 5.75 Å². The van der Waals surface area contributed by atoms with Gasteiger partial charge in [0.2, 0.25) is 0 Å². The molecule has 112 valence electrons. The van der Waals surface area contributed by atoms with Crippen molar-refractivity contribution < 1.29 is 23.0 Å². The molecule has 0 amide bonds. The number of ether oxygens (including phenoxy) is 1. The molecule has 1 atom stereocenters. The van der Waals surface area contributed by atoms with Gasteiger partial charge in [0.15, 0.2) is 6.61 Å². The van der Waals surface area contributed by atoms with Gasteiger partial charge in [-0.05, 0) is 37.1 Å². The van der Waals surface area contributed by atoms with E-state index in [4.69, 9.17) is 4.74 Å². The van der Waals surface area contributed by atoms with E-state index in [2.05, 4.69) is 4.90 Å². The summed E-state index contributed by atoms with van der Waals surface area (Å²) in [5.74, 6) is 0.220. The topological polar surface area (TPSA) is 32.7 Å². The van der Waals surface area contributed by atoms with Crippen molar-refractivity contribution in [3.8, 4) is 5.75 Å². The third-order valence-electron chi connectivity index (χ3n) is 3.19. The largest absolute Gasteiger partial charge is 0.484 e. The molecule has 2 rings (SSSR count). The summed E-state index contributed by atoms with van der Waals surface area (Å²) < 4.78 is 41.0. The summed E-state index contributed by atoms with van der Waals surface area (Å²) in [7, 11) is 0. The van der Waals surface area contributed by atoms with Gasteiger partial charge in [-0.3, -0.25) is 4.90 Å². The second kappa shape index (κ2) is 6.45. The lowest BCUT2D eigenvalue weighted by molar-refractivity contribution is -0.153. The number of likely N-dealkylation sites (tertiary alicyclic amines) is 1. The van der Waals surface area contributed by atoms with Crippen molar-refractivity contribution in [1.29, 1.82) is 0 Å². The van der Waals surface area contributed by atoms with Gasteiger partial charge in [0.1, 0.15) is 5.75 Å². The summed E-state index contributed by atoms with van der Waals surface area (Å²) in [6, 6.07) is 6.66. The van der Waals surface area contributed by atoms with Crippen LogP contribution in [0.4, 0.5) is 13.2 Å². The highest BCUT2D eigenvalue weighted by atomic mass is 19.4. The molecular weight excluding hydrogens is 271 g/mol. The Kier molecular flexibility index (Phi) is 4.88. The number of aliphatic hydroxyl groups is 1. The van der Waals surface area contributed by atoms with E-state index < -0.39 is 12.8 Å². The van der Waals surface area contributed by atoms with Crippen molar-refractivity contribution in [3.63, 3.8) is 0 Å². The molecule has 1 aromatic carbocycles. The molecule has 0 aliphatic carbocycles. The van der Waals surface area contributed by atoms with Gasteiger partial charge in [0, 0.05) is 13.1 Å². The molecule has 1 aliphatic rings. The average molecular weight is 289 g/mol. The number of β-amino-alcohol motifs (C(OH)–C–C–N with tert-alkyl or cyclic N) is 1. The third-order valence-corrected chi connectivity index (χ3v) is 3.19. The highest BCUT2D eigenvalue weighted by molar-refractivity contribution is 5.28. The molecule has 0 spiro atoms. The van der Waals surface area contributed by atoms with Gasteiger partial charge in [-0.25, -0.2) is 0 Å². The zero-order chi connectivity index (χ0) is 14.6. The fourth-order valence-electron chi connectivity index (χ4n) is 2.33. The zero-order valence-corrected chi connectivity index (χ0v) is 11.1. The maximum absolute atomic E-state index is 12.1. The summed E-state index contributed by atoms with van der Waals surface area (Å²) in [6.45, 7) is 0.831. The summed E-state index contributed by atoms with van der Waals surface area (Å²) >= 11 is 0. The molecular formula is C14H18F3NO2. The van der Waals surface area contributed by atoms with Crippen molar-refractivity contribution in [1.82, 2.24) is 4.90 Å². The lowest BCUT2D eigenvalue weighted by atomic mass is 10.1. The van der Waals surface area contributed by atoms with Crippen molar-refractivity contribution in [2.75, 3.05) is 19.7 Å². The van der Waals surface area contributed by atoms with Crippen molar-refractivity contribution in [2.45, 2.75) is 31.7 Å². The van der Waals surface area contributed by atoms with Gasteiger partial charge >= 0.3 is 6.18 Å². The number of piperidine rings is 1. The maximum Gasteiger partial charge on any atom is 0.422 e. The van der Waals surface area contributed by atoms with Gasteiger partial charge in [-0.2, -0.15) is 13.2 Å². The number of rotatable bonds is 4. The SMILES string of the molecule is OC1CCCN(Cc2cccc(OCC(F)(F)F)c2)C1. The summed E-state index contributed by atoms with van der Waals surface area (Å²) in [4.78, 5) is 2.09.